The Kier molecular flexibility index (Phi) is 9.60. The smallest absolute Gasteiger partial charge is 0.328 e. The third-order valence-electron chi connectivity index (χ3n) is 6.45. The van der Waals surface area contributed by atoms with Gasteiger partial charge in [-0.1, -0.05) is 17.7 Å². The van der Waals surface area contributed by atoms with Gasteiger partial charge < -0.3 is 25.2 Å². The van der Waals surface area contributed by atoms with Crippen molar-refractivity contribution in [3.8, 4) is 5.75 Å². The fraction of sp³-hybridized carbons (Fsp3) is 0.500. The summed E-state index contributed by atoms with van der Waals surface area (Å²) < 4.78 is 5.82. The highest BCUT2D eigenvalue weighted by Gasteiger charge is 2.32. The van der Waals surface area contributed by atoms with Crippen molar-refractivity contribution in [3.05, 3.63) is 52.2 Å². The summed E-state index contributed by atoms with van der Waals surface area (Å²) in [6.45, 7) is 3.89. The standard InChI is InChI=1S/C22H29ClN2O2.C4H4O4/c1-15(20-10-5-11-25(20)18-8-3-2-4-9-18)24-22(26)19-14-17(23)13-16-7-6-12-27-21(16)19;5-3(6)1-2-4(7)8/h8,13-15,20H,2-7,9-12H2,1H3,(H,24,26);1-2H,(H,5,6)(H,7,8). The lowest BCUT2D eigenvalue weighted by Gasteiger charge is -2.35. The zero-order valence-electron chi connectivity index (χ0n) is 20.0. The molecule has 2 aliphatic heterocycles. The van der Waals surface area contributed by atoms with E-state index in [0.29, 0.717) is 41.1 Å². The molecule has 1 fully saturated rings. The number of carbonyl (C=O) groups is 3. The van der Waals surface area contributed by atoms with Gasteiger partial charge in [-0.3, -0.25) is 4.79 Å². The maximum Gasteiger partial charge on any atom is 0.328 e. The second kappa shape index (κ2) is 12.6. The first-order valence-corrected chi connectivity index (χ1v) is 12.5. The number of amides is 1. The highest BCUT2D eigenvalue weighted by molar-refractivity contribution is 6.31. The van der Waals surface area contributed by atoms with Crippen LogP contribution in [0.4, 0.5) is 0 Å². The number of hydrogen-bond donors (Lipinski definition) is 3. The number of hydrogen-bond acceptors (Lipinski definition) is 5. The number of carboxylic acids is 2. The van der Waals surface area contributed by atoms with Gasteiger partial charge in [-0.15, -0.1) is 0 Å². The van der Waals surface area contributed by atoms with E-state index < -0.39 is 11.9 Å². The van der Waals surface area contributed by atoms with Gasteiger partial charge in [0.2, 0.25) is 0 Å². The third-order valence-corrected chi connectivity index (χ3v) is 6.67. The van der Waals surface area contributed by atoms with E-state index in [9.17, 15) is 14.4 Å². The maximum absolute atomic E-state index is 13.0. The van der Waals surface area contributed by atoms with Gasteiger partial charge in [0, 0.05) is 41.5 Å². The number of nitrogens with zero attached hydrogens (tertiary/aromatic N) is 1. The lowest BCUT2D eigenvalue weighted by molar-refractivity contribution is -0.134. The molecule has 1 aromatic rings. The number of rotatable bonds is 6. The summed E-state index contributed by atoms with van der Waals surface area (Å²) in [5.74, 6) is -1.87. The summed E-state index contributed by atoms with van der Waals surface area (Å²) in [7, 11) is 0. The van der Waals surface area contributed by atoms with Crippen LogP contribution in [-0.2, 0) is 16.0 Å². The molecule has 2 atom stereocenters. The van der Waals surface area contributed by atoms with E-state index in [1.165, 1.54) is 37.8 Å². The second-order valence-corrected chi connectivity index (χ2v) is 9.45. The highest BCUT2D eigenvalue weighted by Crippen LogP contribution is 2.33. The molecule has 190 valence electrons. The highest BCUT2D eigenvalue weighted by atomic mass is 35.5. The largest absolute Gasteiger partial charge is 0.492 e. The number of halogens is 1. The number of benzene rings is 1. The Morgan fingerprint density at radius 1 is 1.11 bits per heavy atom. The SMILES string of the molecule is CC(NC(=O)c1cc(Cl)cc2c1OCCC2)C1CCCN1C1=CCCCC1.O=C(O)C=CC(=O)O. The van der Waals surface area contributed by atoms with Crippen molar-refractivity contribution in [1.82, 2.24) is 10.2 Å². The molecule has 3 N–H and O–H groups in total. The van der Waals surface area contributed by atoms with Crippen molar-refractivity contribution < 1.29 is 29.3 Å². The van der Waals surface area contributed by atoms with Crippen LogP contribution in [0.3, 0.4) is 0 Å². The van der Waals surface area contributed by atoms with Crippen molar-refractivity contribution in [2.45, 2.75) is 70.4 Å². The van der Waals surface area contributed by atoms with Crippen LogP contribution >= 0.6 is 11.6 Å². The van der Waals surface area contributed by atoms with E-state index in [2.05, 4.69) is 23.2 Å². The Labute approximate surface area is 210 Å². The van der Waals surface area contributed by atoms with Crippen LogP contribution in [0, 0.1) is 0 Å². The van der Waals surface area contributed by atoms with Gasteiger partial charge in [-0.25, -0.2) is 9.59 Å². The van der Waals surface area contributed by atoms with E-state index in [-0.39, 0.29) is 11.9 Å². The number of ether oxygens (including phenoxy) is 1. The zero-order chi connectivity index (χ0) is 25.4. The predicted molar refractivity (Wildman–Crippen MR) is 133 cm³/mol. The minimum absolute atomic E-state index is 0.0763. The molecule has 2 heterocycles. The second-order valence-electron chi connectivity index (χ2n) is 9.01. The maximum atomic E-state index is 13.0. The minimum atomic E-state index is -1.26. The molecular weight excluding hydrogens is 472 g/mol. The monoisotopic (exact) mass is 504 g/mol. The van der Waals surface area contributed by atoms with E-state index in [1.807, 2.05) is 6.07 Å². The minimum Gasteiger partial charge on any atom is -0.492 e. The molecule has 9 heteroatoms. The van der Waals surface area contributed by atoms with Gasteiger partial charge in [-0.05, 0) is 76.0 Å². The molecule has 0 saturated carbocycles. The van der Waals surface area contributed by atoms with Crippen molar-refractivity contribution in [2.75, 3.05) is 13.2 Å². The van der Waals surface area contributed by atoms with Crippen LogP contribution in [-0.4, -0.2) is 58.2 Å². The third kappa shape index (κ3) is 7.49. The van der Waals surface area contributed by atoms with Crippen LogP contribution in [0.15, 0.2) is 36.1 Å². The molecule has 8 nitrogen and oxygen atoms in total. The average molecular weight is 505 g/mol. The van der Waals surface area contributed by atoms with Crippen molar-refractivity contribution in [2.24, 2.45) is 0 Å². The number of nitrogens with one attached hydrogen (secondary N) is 1. The molecule has 0 radical (unpaired) electrons. The lowest BCUT2D eigenvalue weighted by Crippen LogP contribution is -2.47. The summed E-state index contributed by atoms with van der Waals surface area (Å²) in [4.78, 5) is 34.7. The van der Waals surface area contributed by atoms with Crippen LogP contribution in [0.5, 0.6) is 5.75 Å². The van der Waals surface area contributed by atoms with Gasteiger partial charge in [0.25, 0.3) is 5.91 Å². The Morgan fingerprint density at radius 3 is 2.51 bits per heavy atom. The first-order chi connectivity index (χ1) is 16.8. The predicted octanol–water partition coefficient (Wildman–Crippen LogP) is 4.42. The van der Waals surface area contributed by atoms with Gasteiger partial charge in [0.05, 0.1) is 12.2 Å². The number of allylic oxidation sites excluding steroid dienone is 2. The quantitative estimate of drug-likeness (QED) is 0.491. The molecule has 1 aromatic carbocycles. The molecule has 1 saturated heterocycles. The fourth-order valence-corrected chi connectivity index (χ4v) is 5.13. The summed E-state index contributed by atoms with van der Waals surface area (Å²) in [6, 6.07) is 4.12. The number of aliphatic carboxylic acids is 2. The number of fused-ring (bicyclic) bond motifs is 1. The summed E-state index contributed by atoms with van der Waals surface area (Å²) in [5.41, 5.74) is 3.10. The lowest BCUT2D eigenvalue weighted by atomic mass is 10.00. The van der Waals surface area contributed by atoms with Crippen molar-refractivity contribution >= 4 is 29.4 Å². The Balaban J connectivity index is 0.000000371. The Hall–Kier alpha value is -3.00. The van der Waals surface area contributed by atoms with Crippen molar-refractivity contribution in [1.29, 1.82) is 0 Å². The Bertz CT molecular complexity index is 990. The molecule has 4 rings (SSSR count). The molecule has 1 amide bonds. The normalized spacial score (nSPS) is 20.1. The van der Waals surface area contributed by atoms with Crippen LogP contribution in [0.1, 0.15) is 67.8 Å². The molecular formula is C26H33ClN2O6. The number of carbonyl (C=O) groups excluding carboxylic acids is 1. The molecule has 2 unspecified atom stereocenters. The summed E-state index contributed by atoms with van der Waals surface area (Å²) in [6.07, 6.45) is 12.7. The number of aryl methyl sites for hydroxylation is 1. The van der Waals surface area contributed by atoms with Gasteiger partial charge in [0.15, 0.2) is 0 Å². The number of carboxylic acid groups (broad SMARTS) is 2. The first kappa shape index (κ1) is 26.6. The fourth-order valence-electron chi connectivity index (χ4n) is 4.89. The van der Waals surface area contributed by atoms with E-state index >= 15 is 0 Å². The molecule has 1 aliphatic carbocycles. The van der Waals surface area contributed by atoms with E-state index in [0.717, 1.165) is 31.4 Å². The molecule has 35 heavy (non-hydrogen) atoms. The topological polar surface area (TPSA) is 116 Å². The van der Waals surface area contributed by atoms with Crippen LogP contribution < -0.4 is 10.1 Å². The van der Waals surface area contributed by atoms with Gasteiger partial charge in [-0.2, -0.15) is 0 Å². The van der Waals surface area contributed by atoms with E-state index in [1.54, 1.807) is 6.07 Å². The summed E-state index contributed by atoms with van der Waals surface area (Å²) >= 11 is 6.26. The van der Waals surface area contributed by atoms with Crippen molar-refractivity contribution in [3.63, 3.8) is 0 Å². The van der Waals surface area contributed by atoms with E-state index in [4.69, 9.17) is 26.6 Å². The molecule has 0 aromatic heterocycles. The average Bonchev–Trinajstić information content (AvgIpc) is 3.33. The molecule has 0 bridgehead atoms. The van der Waals surface area contributed by atoms with Crippen LogP contribution in [0.2, 0.25) is 5.02 Å². The van der Waals surface area contributed by atoms with Crippen LogP contribution in [0.25, 0.3) is 0 Å². The molecule has 3 aliphatic rings. The summed E-state index contributed by atoms with van der Waals surface area (Å²) in [5, 5.41) is 19.5. The Morgan fingerprint density at radius 2 is 1.86 bits per heavy atom. The van der Waals surface area contributed by atoms with Gasteiger partial charge in [0.1, 0.15) is 5.75 Å². The van der Waals surface area contributed by atoms with Gasteiger partial charge >= 0.3 is 11.9 Å². The zero-order valence-corrected chi connectivity index (χ0v) is 20.7. The first-order valence-electron chi connectivity index (χ1n) is 12.1. The number of likely N-dealkylation sites (tertiary alicyclic amines) is 1. The molecule has 0 spiro atoms.